The predicted molar refractivity (Wildman–Crippen MR) is 237 cm³/mol. The van der Waals surface area contributed by atoms with Crippen molar-refractivity contribution in [2.24, 2.45) is 5.92 Å². The van der Waals surface area contributed by atoms with Gasteiger partial charge >= 0.3 is 0 Å². The van der Waals surface area contributed by atoms with E-state index in [4.69, 9.17) is 23.3 Å². The minimum atomic E-state index is -1.43. The second-order valence-electron chi connectivity index (χ2n) is 14.9. The van der Waals surface area contributed by atoms with E-state index in [2.05, 4.69) is 80.1 Å². The molecule has 3 atom stereocenters. The Bertz CT molecular complexity index is 1550. The van der Waals surface area contributed by atoms with E-state index in [1.54, 1.807) is 14.2 Å². The Labute approximate surface area is 351 Å². The summed E-state index contributed by atoms with van der Waals surface area (Å²) in [5, 5.41) is 13.2. The average molecular weight is 838 g/mol. The van der Waals surface area contributed by atoms with Crippen LogP contribution in [0.2, 0.25) is 0 Å². The van der Waals surface area contributed by atoms with Gasteiger partial charge in [-0.1, -0.05) is 89.0 Å². The monoisotopic (exact) mass is 837 g/mol. The maximum Gasteiger partial charge on any atom is 0.259 e. The van der Waals surface area contributed by atoms with Crippen molar-refractivity contribution in [3.05, 3.63) is 95.6 Å². The molecular formula is C45H64N3O6PS2. The number of amides is 1. The van der Waals surface area contributed by atoms with Gasteiger partial charge in [0.05, 0.1) is 46.5 Å². The van der Waals surface area contributed by atoms with Crippen LogP contribution in [0.25, 0.3) is 0 Å². The highest BCUT2D eigenvalue weighted by molar-refractivity contribution is 8.77. The third-order valence-electron chi connectivity index (χ3n) is 10.1. The number of carbonyl (C=O) groups is 1. The van der Waals surface area contributed by atoms with Crippen molar-refractivity contribution in [1.29, 1.82) is 5.26 Å². The van der Waals surface area contributed by atoms with E-state index in [9.17, 15) is 10.1 Å². The van der Waals surface area contributed by atoms with E-state index in [-0.39, 0.29) is 23.9 Å². The lowest BCUT2D eigenvalue weighted by Gasteiger charge is -2.38. The highest BCUT2D eigenvalue weighted by Crippen LogP contribution is 2.47. The van der Waals surface area contributed by atoms with Crippen LogP contribution in [0.1, 0.15) is 102 Å². The van der Waals surface area contributed by atoms with Crippen LogP contribution in [-0.2, 0) is 24.2 Å². The van der Waals surface area contributed by atoms with Gasteiger partial charge in [-0.3, -0.25) is 4.79 Å². The Balaban J connectivity index is 1.55. The molecule has 12 heteroatoms. The fourth-order valence-electron chi connectivity index (χ4n) is 7.11. The third-order valence-corrected chi connectivity index (χ3v) is 15.1. The number of hydrogen-bond donors (Lipinski definition) is 1. The van der Waals surface area contributed by atoms with Crippen molar-refractivity contribution >= 4 is 36.0 Å². The van der Waals surface area contributed by atoms with Gasteiger partial charge in [0, 0.05) is 42.0 Å². The number of carbonyl (C=O) groups excluding carboxylic acids is 1. The molecular weight excluding hydrogens is 774 g/mol. The minimum absolute atomic E-state index is 0.00218. The van der Waals surface area contributed by atoms with Gasteiger partial charge in [0.25, 0.3) is 8.53 Å². The molecule has 1 aliphatic heterocycles. The van der Waals surface area contributed by atoms with Gasteiger partial charge in [0.2, 0.25) is 5.91 Å². The van der Waals surface area contributed by atoms with Crippen molar-refractivity contribution in [2.45, 2.75) is 108 Å². The molecule has 0 aliphatic carbocycles. The smallest absolute Gasteiger partial charge is 0.259 e. The first kappa shape index (κ1) is 46.9. The van der Waals surface area contributed by atoms with Gasteiger partial charge in [-0.2, -0.15) is 5.26 Å². The Kier molecular flexibility index (Phi) is 21.1. The molecule has 312 valence electrons. The SMILES string of the molecule is COc1ccc(C(OCC(CCCCNC(=O)CCCCC2CCSS2)COP(OCCC#N)N(C(C)C)C(C)C)(c2ccccc2)c2ccc(OC)cc2)cc1. The summed E-state index contributed by atoms with van der Waals surface area (Å²) >= 11 is 0. The van der Waals surface area contributed by atoms with Gasteiger partial charge in [-0.15, -0.1) is 0 Å². The summed E-state index contributed by atoms with van der Waals surface area (Å²) in [6.07, 6.45) is 8.01. The van der Waals surface area contributed by atoms with E-state index in [1.807, 2.05) is 64.1 Å². The zero-order chi connectivity index (χ0) is 40.9. The lowest BCUT2D eigenvalue weighted by molar-refractivity contribution is -0.121. The summed E-state index contributed by atoms with van der Waals surface area (Å²) in [5.74, 6) is 2.92. The third kappa shape index (κ3) is 14.8. The number of ether oxygens (including phenoxy) is 3. The van der Waals surface area contributed by atoms with Crippen LogP contribution < -0.4 is 14.8 Å². The molecule has 3 unspecified atom stereocenters. The molecule has 1 saturated heterocycles. The van der Waals surface area contributed by atoms with Gasteiger partial charge in [-0.05, 0) is 101 Å². The summed E-state index contributed by atoms with van der Waals surface area (Å²) in [7, 11) is 5.89. The molecule has 0 radical (unpaired) electrons. The predicted octanol–water partition coefficient (Wildman–Crippen LogP) is 10.9. The number of unbranched alkanes of at least 4 members (excludes halogenated alkanes) is 2. The Morgan fingerprint density at radius 1 is 0.860 bits per heavy atom. The van der Waals surface area contributed by atoms with Crippen molar-refractivity contribution in [2.75, 3.05) is 46.3 Å². The molecule has 0 spiro atoms. The molecule has 57 heavy (non-hydrogen) atoms. The standard InChI is InChI=1S/C45H64N3O6PS2/c1-35(2)48(36(3)4)55(53-31-14-29-46)54-34-37(15-12-13-30-47-44(49)19-11-10-18-43-28-32-56-57-43)33-52-45(38-16-8-7-9-17-38,39-20-24-41(50-5)25-21-39)40-22-26-42(51-6)27-23-40/h7-9,16-17,20-27,35-37,43H,10-15,18-19,28,30-34H2,1-6H3,(H,47,49). The summed E-state index contributed by atoms with van der Waals surface area (Å²) in [6.45, 7) is 10.3. The second kappa shape index (κ2) is 25.6. The quantitative estimate of drug-likeness (QED) is 0.0345. The average Bonchev–Trinajstić information content (AvgIpc) is 3.75. The summed E-state index contributed by atoms with van der Waals surface area (Å²) in [4.78, 5) is 12.7. The van der Waals surface area contributed by atoms with Gasteiger partial charge in [0.15, 0.2) is 0 Å². The number of nitriles is 1. The van der Waals surface area contributed by atoms with Crippen LogP contribution in [0.4, 0.5) is 0 Å². The van der Waals surface area contributed by atoms with E-state index in [1.165, 1.54) is 18.6 Å². The lowest BCUT2D eigenvalue weighted by atomic mass is 9.79. The first-order chi connectivity index (χ1) is 27.7. The molecule has 0 aromatic heterocycles. The Hall–Kier alpha value is -2.81. The molecule has 3 aromatic carbocycles. The van der Waals surface area contributed by atoms with Crippen LogP contribution in [0.5, 0.6) is 11.5 Å². The molecule has 1 amide bonds. The molecule has 1 N–H and O–H groups in total. The highest BCUT2D eigenvalue weighted by atomic mass is 33.1. The normalized spacial score (nSPS) is 15.5. The molecule has 1 aliphatic rings. The molecule has 0 saturated carbocycles. The van der Waals surface area contributed by atoms with E-state index >= 15 is 0 Å². The van der Waals surface area contributed by atoms with Crippen molar-refractivity contribution in [1.82, 2.24) is 9.99 Å². The largest absolute Gasteiger partial charge is 0.497 e. The zero-order valence-corrected chi connectivity index (χ0v) is 37.3. The summed E-state index contributed by atoms with van der Waals surface area (Å²) in [6, 6.07) is 29.1. The first-order valence-electron chi connectivity index (χ1n) is 20.5. The van der Waals surface area contributed by atoms with Crippen LogP contribution in [0.15, 0.2) is 78.9 Å². The first-order valence-corrected chi connectivity index (χ1v) is 24.0. The molecule has 0 bridgehead atoms. The van der Waals surface area contributed by atoms with Crippen LogP contribution in [0, 0.1) is 17.2 Å². The molecule has 9 nitrogen and oxygen atoms in total. The van der Waals surface area contributed by atoms with Crippen LogP contribution >= 0.6 is 30.1 Å². The lowest BCUT2D eigenvalue weighted by Crippen LogP contribution is -2.36. The van der Waals surface area contributed by atoms with Gasteiger partial charge in [-0.25, -0.2) is 4.67 Å². The number of benzene rings is 3. The maximum atomic E-state index is 12.7. The zero-order valence-electron chi connectivity index (χ0n) is 34.8. The second-order valence-corrected chi connectivity index (χ2v) is 19.2. The molecule has 4 rings (SSSR count). The number of hydrogen-bond acceptors (Lipinski definition) is 10. The summed E-state index contributed by atoms with van der Waals surface area (Å²) < 4.78 is 33.7. The topological polar surface area (TPSA) is 102 Å². The molecule has 1 heterocycles. The van der Waals surface area contributed by atoms with Gasteiger partial charge in [0.1, 0.15) is 17.1 Å². The van der Waals surface area contributed by atoms with Crippen molar-refractivity contribution in [3.63, 3.8) is 0 Å². The number of methoxy groups -OCH3 is 2. The van der Waals surface area contributed by atoms with Crippen LogP contribution in [0.3, 0.4) is 0 Å². The highest BCUT2D eigenvalue weighted by Gasteiger charge is 2.39. The van der Waals surface area contributed by atoms with Crippen LogP contribution in [-0.4, -0.2) is 74.2 Å². The van der Waals surface area contributed by atoms with Gasteiger partial charge < -0.3 is 28.6 Å². The van der Waals surface area contributed by atoms with E-state index < -0.39 is 14.1 Å². The fourth-order valence-corrected chi connectivity index (χ4v) is 11.8. The van der Waals surface area contributed by atoms with E-state index in [0.717, 1.165) is 65.5 Å². The van der Waals surface area contributed by atoms with Crippen molar-refractivity contribution in [3.8, 4) is 17.6 Å². The fraction of sp³-hybridized carbons (Fsp3) is 0.556. The Morgan fingerprint density at radius 2 is 1.49 bits per heavy atom. The number of nitrogens with one attached hydrogen (secondary N) is 1. The molecule has 1 fully saturated rings. The molecule has 3 aromatic rings. The number of rotatable bonds is 27. The van der Waals surface area contributed by atoms with E-state index in [0.29, 0.717) is 39.2 Å². The summed E-state index contributed by atoms with van der Waals surface area (Å²) in [5.41, 5.74) is 1.97. The maximum absolute atomic E-state index is 12.7. The number of nitrogens with zero attached hydrogens (tertiary/aromatic N) is 2. The van der Waals surface area contributed by atoms with Crippen molar-refractivity contribution < 1.29 is 28.1 Å². The minimum Gasteiger partial charge on any atom is -0.497 e. The Morgan fingerprint density at radius 3 is 2.05 bits per heavy atom.